The molecule has 1 fully saturated rings. The predicted octanol–water partition coefficient (Wildman–Crippen LogP) is 1.13. The first-order chi connectivity index (χ1) is 7.91. The van der Waals surface area contributed by atoms with E-state index in [4.69, 9.17) is 0 Å². The summed E-state index contributed by atoms with van der Waals surface area (Å²) in [5.74, 6) is 0. The molecule has 0 amide bonds. The molecule has 0 heterocycles. The molecule has 0 radical (unpaired) electrons. The Morgan fingerprint density at radius 2 is 1.82 bits per heavy atom. The molecule has 17 heavy (non-hydrogen) atoms. The molecular formula is C14H20O3. The second-order valence-corrected chi connectivity index (χ2v) is 5.45. The van der Waals surface area contributed by atoms with Crippen LogP contribution in [0.15, 0.2) is 24.3 Å². The number of aryl methyl sites for hydroxylation is 1. The monoisotopic (exact) mass is 236 g/mol. The Morgan fingerprint density at radius 1 is 1.24 bits per heavy atom. The number of benzene rings is 1. The molecule has 3 atom stereocenters. The van der Waals surface area contributed by atoms with E-state index in [-0.39, 0.29) is 13.0 Å². The van der Waals surface area contributed by atoms with Gasteiger partial charge in [0.05, 0.1) is 18.3 Å². The van der Waals surface area contributed by atoms with Crippen molar-refractivity contribution in [3.8, 4) is 0 Å². The fourth-order valence-corrected chi connectivity index (χ4v) is 2.90. The minimum Gasteiger partial charge on any atom is -0.393 e. The molecule has 1 aromatic carbocycles. The Bertz CT molecular complexity index is 400. The number of aliphatic hydroxyl groups excluding tert-OH is 2. The highest BCUT2D eigenvalue weighted by Crippen LogP contribution is 2.48. The molecule has 1 unspecified atom stereocenters. The van der Waals surface area contributed by atoms with Gasteiger partial charge in [-0.3, -0.25) is 0 Å². The minimum absolute atomic E-state index is 0.230. The fraction of sp³-hybridized carbons (Fsp3) is 0.571. The first-order valence-electron chi connectivity index (χ1n) is 6.00. The lowest BCUT2D eigenvalue weighted by Crippen LogP contribution is -2.48. The molecule has 94 valence electrons. The molecule has 1 aliphatic carbocycles. The Morgan fingerprint density at radius 3 is 2.35 bits per heavy atom. The van der Waals surface area contributed by atoms with Gasteiger partial charge in [0.15, 0.2) is 0 Å². The second kappa shape index (κ2) is 4.09. The standard InChI is InChI=1S/C14H20O3/c1-10-3-5-11(6-4-10)13(2)7-12(16)8-14(13,17)9-15/h3-6,12,15-17H,7-9H2,1-2H3/t12?,13-,14+/m0/s1. The summed E-state index contributed by atoms with van der Waals surface area (Å²) in [6, 6.07) is 7.91. The van der Waals surface area contributed by atoms with Crippen LogP contribution < -0.4 is 0 Å². The van der Waals surface area contributed by atoms with Gasteiger partial charge in [-0.2, -0.15) is 0 Å². The zero-order valence-electron chi connectivity index (χ0n) is 10.3. The fourth-order valence-electron chi connectivity index (χ4n) is 2.90. The smallest absolute Gasteiger partial charge is 0.0996 e. The van der Waals surface area contributed by atoms with E-state index in [0.29, 0.717) is 6.42 Å². The maximum Gasteiger partial charge on any atom is 0.0996 e. The average molecular weight is 236 g/mol. The molecule has 0 aromatic heterocycles. The van der Waals surface area contributed by atoms with Crippen molar-refractivity contribution in [2.45, 2.75) is 43.8 Å². The quantitative estimate of drug-likeness (QED) is 0.721. The van der Waals surface area contributed by atoms with Crippen molar-refractivity contribution in [3.63, 3.8) is 0 Å². The van der Waals surface area contributed by atoms with Crippen LogP contribution in [-0.2, 0) is 5.41 Å². The lowest BCUT2D eigenvalue weighted by atomic mass is 9.71. The largest absolute Gasteiger partial charge is 0.393 e. The molecule has 3 N–H and O–H groups in total. The summed E-state index contributed by atoms with van der Waals surface area (Å²) >= 11 is 0. The summed E-state index contributed by atoms with van der Waals surface area (Å²) < 4.78 is 0. The third-order valence-electron chi connectivity index (χ3n) is 4.19. The Labute approximate surface area is 102 Å². The van der Waals surface area contributed by atoms with Crippen molar-refractivity contribution in [1.82, 2.24) is 0 Å². The van der Waals surface area contributed by atoms with Crippen LogP contribution in [-0.4, -0.2) is 33.6 Å². The van der Waals surface area contributed by atoms with Crippen LogP contribution in [0.1, 0.15) is 30.9 Å². The molecule has 0 saturated heterocycles. The molecule has 0 bridgehead atoms. The highest BCUT2D eigenvalue weighted by molar-refractivity contribution is 5.34. The van der Waals surface area contributed by atoms with Crippen LogP contribution in [0, 0.1) is 6.92 Å². The average Bonchev–Trinajstić information content (AvgIpc) is 2.52. The van der Waals surface area contributed by atoms with Crippen LogP contribution >= 0.6 is 0 Å². The Kier molecular flexibility index (Phi) is 3.02. The number of hydrogen-bond acceptors (Lipinski definition) is 3. The van der Waals surface area contributed by atoms with Crippen molar-refractivity contribution in [2.24, 2.45) is 0 Å². The molecule has 0 spiro atoms. The SMILES string of the molecule is Cc1ccc([C@]2(C)CC(O)C[C@@]2(O)CO)cc1. The number of hydrogen-bond donors (Lipinski definition) is 3. The zero-order valence-corrected chi connectivity index (χ0v) is 10.3. The van der Waals surface area contributed by atoms with Crippen molar-refractivity contribution in [3.05, 3.63) is 35.4 Å². The van der Waals surface area contributed by atoms with Crippen molar-refractivity contribution in [1.29, 1.82) is 0 Å². The van der Waals surface area contributed by atoms with Crippen molar-refractivity contribution in [2.75, 3.05) is 6.61 Å². The highest BCUT2D eigenvalue weighted by Gasteiger charge is 2.54. The summed E-state index contributed by atoms with van der Waals surface area (Å²) in [5, 5.41) is 29.7. The van der Waals surface area contributed by atoms with Gasteiger partial charge in [-0.15, -0.1) is 0 Å². The van der Waals surface area contributed by atoms with Gasteiger partial charge >= 0.3 is 0 Å². The summed E-state index contributed by atoms with van der Waals surface area (Å²) in [6.45, 7) is 3.59. The summed E-state index contributed by atoms with van der Waals surface area (Å²) in [5.41, 5.74) is 0.302. The third kappa shape index (κ3) is 1.88. The van der Waals surface area contributed by atoms with Crippen LogP contribution in [0.5, 0.6) is 0 Å². The molecule has 1 aromatic rings. The maximum absolute atomic E-state index is 10.5. The van der Waals surface area contributed by atoms with Crippen molar-refractivity contribution < 1.29 is 15.3 Å². The normalized spacial score (nSPS) is 37.4. The van der Waals surface area contributed by atoms with Gasteiger partial charge < -0.3 is 15.3 Å². The molecule has 1 aliphatic rings. The minimum atomic E-state index is -1.23. The first kappa shape index (κ1) is 12.6. The van der Waals surface area contributed by atoms with Gasteiger partial charge in [0.1, 0.15) is 0 Å². The molecule has 2 rings (SSSR count). The van der Waals surface area contributed by atoms with E-state index >= 15 is 0 Å². The predicted molar refractivity (Wildman–Crippen MR) is 65.8 cm³/mol. The highest BCUT2D eigenvalue weighted by atomic mass is 16.3. The molecule has 0 aliphatic heterocycles. The van der Waals surface area contributed by atoms with E-state index in [2.05, 4.69) is 0 Å². The molecular weight excluding hydrogens is 216 g/mol. The van der Waals surface area contributed by atoms with Crippen LogP contribution in [0.4, 0.5) is 0 Å². The summed E-state index contributed by atoms with van der Waals surface area (Å²) in [7, 11) is 0. The van der Waals surface area contributed by atoms with E-state index in [9.17, 15) is 15.3 Å². The number of rotatable bonds is 2. The third-order valence-corrected chi connectivity index (χ3v) is 4.19. The van der Waals surface area contributed by atoms with Crippen LogP contribution in [0.25, 0.3) is 0 Å². The lowest BCUT2D eigenvalue weighted by Gasteiger charge is -2.38. The van der Waals surface area contributed by atoms with E-state index in [1.165, 1.54) is 0 Å². The first-order valence-corrected chi connectivity index (χ1v) is 6.00. The van der Waals surface area contributed by atoms with E-state index in [1.807, 2.05) is 38.1 Å². The molecule has 3 nitrogen and oxygen atoms in total. The summed E-state index contributed by atoms with van der Waals surface area (Å²) in [4.78, 5) is 0. The van der Waals surface area contributed by atoms with Gasteiger partial charge in [-0.1, -0.05) is 36.8 Å². The Hall–Kier alpha value is -0.900. The number of aliphatic hydroxyl groups is 3. The van der Waals surface area contributed by atoms with E-state index in [1.54, 1.807) is 0 Å². The summed E-state index contributed by atoms with van der Waals surface area (Å²) in [6.07, 6.45) is 0.152. The van der Waals surface area contributed by atoms with Crippen molar-refractivity contribution >= 4 is 0 Å². The van der Waals surface area contributed by atoms with Gasteiger partial charge in [-0.05, 0) is 18.9 Å². The molecule has 3 heteroatoms. The Balaban J connectivity index is 2.43. The topological polar surface area (TPSA) is 60.7 Å². The van der Waals surface area contributed by atoms with Gasteiger partial charge in [0.25, 0.3) is 0 Å². The maximum atomic E-state index is 10.5. The lowest BCUT2D eigenvalue weighted by molar-refractivity contribution is -0.0588. The van der Waals surface area contributed by atoms with Gasteiger partial charge in [0, 0.05) is 11.8 Å². The van der Waals surface area contributed by atoms with Crippen LogP contribution in [0.3, 0.4) is 0 Å². The van der Waals surface area contributed by atoms with E-state index < -0.39 is 17.1 Å². The van der Waals surface area contributed by atoms with Crippen LogP contribution in [0.2, 0.25) is 0 Å². The zero-order chi connectivity index (χ0) is 12.7. The van der Waals surface area contributed by atoms with E-state index in [0.717, 1.165) is 11.1 Å². The second-order valence-electron chi connectivity index (χ2n) is 5.45. The van der Waals surface area contributed by atoms with Gasteiger partial charge in [0.2, 0.25) is 0 Å². The molecule has 1 saturated carbocycles. The van der Waals surface area contributed by atoms with Gasteiger partial charge in [-0.25, -0.2) is 0 Å².